The number of alkyl halides is 2. The number of ether oxygens (including phenoxy) is 1. The molecule has 1 rings (SSSR count). The van der Waals surface area contributed by atoms with E-state index in [4.69, 9.17) is 5.26 Å². The first-order valence-corrected chi connectivity index (χ1v) is 5.23. The summed E-state index contributed by atoms with van der Waals surface area (Å²) in [4.78, 5) is 14.7. The van der Waals surface area contributed by atoms with E-state index >= 15 is 0 Å². The minimum Gasteiger partial charge on any atom is -0.469 e. The molecule has 0 aliphatic carbocycles. The topological polar surface area (TPSA) is 63.0 Å². The van der Waals surface area contributed by atoms with Crippen LogP contribution in [0.3, 0.4) is 0 Å². The van der Waals surface area contributed by atoms with Crippen molar-refractivity contribution < 1.29 is 18.3 Å². The smallest absolute Gasteiger partial charge is 0.311 e. The van der Waals surface area contributed by atoms with Gasteiger partial charge >= 0.3 is 5.97 Å². The predicted octanol–water partition coefficient (Wildman–Crippen LogP) is 2.37. The van der Waals surface area contributed by atoms with E-state index in [1.807, 2.05) is 0 Å². The largest absolute Gasteiger partial charge is 0.469 e. The Labute approximate surface area is 104 Å². The van der Waals surface area contributed by atoms with E-state index in [-0.39, 0.29) is 22.2 Å². The predicted molar refractivity (Wildman–Crippen MR) is 57.3 cm³/mol. The Balaban J connectivity index is 3.24. The average molecular weight is 305 g/mol. The van der Waals surface area contributed by atoms with Crippen molar-refractivity contribution in [2.24, 2.45) is 0 Å². The maximum absolute atomic E-state index is 12.5. The molecule has 0 aliphatic rings. The van der Waals surface area contributed by atoms with Gasteiger partial charge in [-0.15, -0.1) is 0 Å². The molecule has 17 heavy (non-hydrogen) atoms. The van der Waals surface area contributed by atoms with Gasteiger partial charge in [-0.1, -0.05) is 0 Å². The molecule has 0 fully saturated rings. The van der Waals surface area contributed by atoms with E-state index in [0.29, 0.717) is 0 Å². The first-order valence-electron chi connectivity index (χ1n) is 4.44. The molecule has 0 amide bonds. The van der Waals surface area contributed by atoms with Crippen molar-refractivity contribution in [1.82, 2.24) is 4.98 Å². The van der Waals surface area contributed by atoms with Crippen LogP contribution in [-0.2, 0) is 16.0 Å². The number of aromatic nitrogens is 1. The van der Waals surface area contributed by atoms with Crippen molar-refractivity contribution in [2.75, 3.05) is 7.11 Å². The molecule has 4 nitrogen and oxygen atoms in total. The fourth-order valence-corrected chi connectivity index (χ4v) is 1.56. The van der Waals surface area contributed by atoms with Crippen molar-refractivity contribution >= 4 is 21.9 Å². The number of hydrogen-bond donors (Lipinski definition) is 0. The lowest BCUT2D eigenvalue weighted by atomic mass is 10.1. The summed E-state index contributed by atoms with van der Waals surface area (Å²) >= 11 is 3.04. The minimum absolute atomic E-state index is 0.00852. The molecule has 7 heteroatoms. The van der Waals surface area contributed by atoms with Crippen LogP contribution in [0.5, 0.6) is 0 Å². The molecule has 0 aromatic carbocycles. The normalized spacial score (nSPS) is 10.1. The van der Waals surface area contributed by atoms with Crippen LogP contribution in [0.25, 0.3) is 0 Å². The van der Waals surface area contributed by atoms with Crippen LogP contribution >= 0.6 is 15.9 Å². The Morgan fingerprint density at radius 3 is 2.82 bits per heavy atom. The van der Waals surface area contributed by atoms with Crippen molar-refractivity contribution in [3.63, 3.8) is 0 Å². The van der Waals surface area contributed by atoms with Crippen LogP contribution in [0.2, 0.25) is 0 Å². The number of carbonyl (C=O) groups excluding carboxylic acids is 1. The van der Waals surface area contributed by atoms with Crippen LogP contribution in [-0.4, -0.2) is 18.1 Å². The Morgan fingerprint density at radius 2 is 2.35 bits per heavy atom. The number of nitrogens with zero attached hydrogens (tertiary/aromatic N) is 2. The molecule has 0 atom stereocenters. The van der Waals surface area contributed by atoms with E-state index in [2.05, 4.69) is 25.7 Å². The van der Waals surface area contributed by atoms with Gasteiger partial charge in [0.05, 0.1) is 29.3 Å². The SMILES string of the molecule is COC(=O)Cc1nc(C(F)F)cc(C#N)c1Br. The molecule has 0 bridgehead atoms. The molecule has 0 radical (unpaired) electrons. The maximum Gasteiger partial charge on any atom is 0.311 e. The zero-order chi connectivity index (χ0) is 13.0. The van der Waals surface area contributed by atoms with Gasteiger partial charge < -0.3 is 4.74 Å². The zero-order valence-corrected chi connectivity index (χ0v) is 10.3. The van der Waals surface area contributed by atoms with Gasteiger partial charge in [-0.05, 0) is 22.0 Å². The lowest BCUT2D eigenvalue weighted by Crippen LogP contribution is -2.09. The number of halogens is 3. The lowest BCUT2D eigenvalue weighted by Gasteiger charge is -2.07. The summed E-state index contributed by atoms with van der Waals surface area (Å²) < 4.78 is 29.7. The number of nitriles is 1. The van der Waals surface area contributed by atoms with E-state index in [1.54, 1.807) is 6.07 Å². The van der Waals surface area contributed by atoms with E-state index in [1.165, 1.54) is 7.11 Å². The second-order valence-corrected chi connectivity index (χ2v) is 3.81. The quantitative estimate of drug-likeness (QED) is 0.804. The second kappa shape index (κ2) is 5.68. The number of rotatable bonds is 3. The minimum atomic E-state index is -2.80. The summed E-state index contributed by atoms with van der Waals surface area (Å²) in [5.41, 5.74) is -0.468. The maximum atomic E-state index is 12.5. The van der Waals surface area contributed by atoms with Crippen molar-refractivity contribution in [1.29, 1.82) is 5.26 Å². The highest BCUT2D eigenvalue weighted by Crippen LogP contribution is 2.26. The van der Waals surface area contributed by atoms with Gasteiger partial charge in [0.1, 0.15) is 11.8 Å². The van der Waals surface area contributed by atoms with Crippen LogP contribution in [0, 0.1) is 11.3 Å². The molecular formula is C10H7BrF2N2O2. The van der Waals surface area contributed by atoms with Gasteiger partial charge in [0.15, 0.2) is 0 Å². The molecule has 1 aromatic heterocycles. The Kier molecular flexibility index (Phi) is 4.52. The van der Waals surface area contributed by atoms with Gasteiger partial charge in [-0.3, -0.25) is 4.79 Å². The number of hydrogen-bond acceptors (Lipinski definition) is 4. The van der Waals surface area contributed by atoms with Gasteiger partial charge in [-0.25, -0.2) is 13.8 Å². The standard InChI is InChI=1S/C10H7BrF2N2O2/c1-17-8(16)3-6-9(11)5(4-14)2-7(15-6)10(12)13/h2,10H,3H2,1H3. The van der Waals surface area contributed by atoms with Gasteiger partial charge in [0.2, 0.25) is 0 Å². The number of carbonyl (C=O) groups is 1. The average Bonchev–Trinajstić information content (AvgIpc) is 2.31. The summed E-state index contributed by atoms with van der Waals surface area (Å²) in [5, 5.41) is 8.77. The highest BCUT2D eigenvalue weighted by Gasteiger charge is 2.18. The first kappa shape index (κ1) is 13.5. The van der Waals surface area contributed by atoms with Crippen LogP contribution in [0.1, 0.15) is 23.4 Å². The lowest BCUT2D eigenvalue weighted by molar-refractivity contribution is -0.139. The highest BCUT2D eigenvalue weighted by molar-refractivity contribution is 9.10. The molecule has 0 aliphatic heterocycles. The van der Waals surface area contributed by atoms with E-state index in [0.717, 1.165) is 6.07 Å². The monoisotopic (exact) mass is 304 g/mol. The van der Waals surface area contributed by atoms with Crippen molar-refractivity contribution in [3.05, 3.63) is 27.5 Å². The fraction of sp³-hybridized carbons (Fsp3) is 0.300. The summed E-state index contributed by atoms with van der Waals surface area (Å²) in [6.07, 6.45) is -3.07. The Morgan fingerprint density at radius 1 is 1.71 bits per heavy atom. The fourth-order valence-electron chi connectivity index (χ4n) is 1.12. The van der Waals surface area contributed by atoms with E-state index < -0.39 is 18.1 Å². The summed E-state index contributed by atoms with van der Waals surface area (Å²) in [7, 11) is 1.18. The van der Waals surface area contributed by atoms with Gasteiger partial charge in [0.25, 0.3) is 6.43 Å². The number of methoxy groups -OCH3 is 1. The molecular weight excluding hydrogens is 298 g/mol. The van der Waals surface area contributed by atoms with Crippen molar-refractivity contribution in [3.8, 4) is 6.07 Å². The molecule has 0 N–H and O–H groups in total. The van der Waals surface area contributed by atoms with Gasteiger partial charge in [0, 0.05) is 0 Å². The third kappa shape index (κ3) is 3.20. The van der Waals surface area contributed by atoms with E-state index in [9.17, 15) is 13.6 Å². The summed E-state index contributed by atoms with van der Waals surface area (Å²) in [6, 6.07) is 2.73. The first-order chi connectivity index (χ1) is 7.99. The zero-order valence-electron chi connectivity index (χ0n) is 8.71. The molecule has 0 saturated carbocycles. The second-order valence-electron chi connectivity index (χ2n) is 3.02. The van der Waals surface area contributed by atoms with Crippen molar-refractivity contribution in [2.45, 2.75) is 12.8 Å². The van der Waals surface area contributed by atoms with Crippen LogP contribution in [0.15, 0.2) is 10.5 Å². The number of pyridine rings is 1. The van der Waals surface area contributed by atoms with Crippen LogP contribution in [0.4, 0.5) is 8.78 Å². The Bertz CT molecular complexity index is 486. The molecule has 0 spiro atoms. The molecule has 90 valence electrons. The molecule has 0 unspecified atom stereocenters. The summed E-state index contributed by atoms with van der Waals surface area (Å²) in [5.74, 6) is -0.617. The molecule has 1 heterocycles. The van der Waals surface area contributed by atoms with Crippen LogP contribution < -0.4 is 0 Å². The third-order valence-corrected chi connectivity index (χ3v) is 2.81. The Hall–Kier alpha value is -1.55. The van der Waals surface area contributed by atoms with Gasteiger partial charge in [-0.2, -0.15) is 5.26 Å². The molecule has 1 aromatic rings. The summed E-state index contributed by atoms with van der Waals surface area (Å²) in [6.45, 7) is 0. The molecule has 0 saturated heterocycles. The third-order valence-electron chi connectivity index (χ3n) is 1.93. The number of esters is 1. The highest BCUT2D eigenvalue weighted by atomic mass is 79.9.